The molecule has 0 amide bonds. The third-order valence-corrected chi connectivity index (χ3v) is 3.75. The number of anilines is 1. The van der Waals surface area contributed by atoms with Gasteiger partial charge in [0.15, 0.2) is 0 Å². The average Bonchev–Trinajstić information content (AvgIpc) is 2.49. The Hall–Kier alpha value is -1.94. The number of hydrogen-bond acceptors (Lipinski definition) is 4. The van der Waals surface area contributed by atoms with Crippen molar-refractivity contribution in [1.82, 2.24) is 0 Å². The number of nitrogens with zero attached hydrogens (tertiary/aromatic N) is 2. The van der Waals surface area contributed by atoms with Crippen molar-refractivity contribution in [3.8, 4) is 5.75 Å². The molecule has 0 heterocycles. The topological polar surface area (TPSA) is 35.8 Å². The SMILES string of the molecule is CCN(CC)c1ccc(C=Nc2ccccc2S)c(O)c1. The first-order valence-corrected chi connectivity index (χ1v) is 7.50. The highest BCUT2D eigenvalue weighted by molar-refractivity contribution is 7.80. The smallest absolute Gasteiger partial charge is 0.126 e. The minimum Gasteiger partial charge on any atom is -0.507 e. The van der Waals surface area contributed by atoms with Crippen LogP contribution in [0.2, 0.25) is 0 Å². The fourth-order valence-corrected chi connectivity index (χ4v) is 2.36. The minimum absolute atomic E-state index is 0.236. The quantitative estimate of drug-likeness (QED) is 0.638. The maximum Gasteiger partial charge on any atom is 0.126 e. The molecule has 0 saturated carbocycles. The van der Waals surface area contributed by atoms with Crippen LogP contribution in [0.1, 0.15) is 19.4 Å². The average molecular weight is 300 g/mol. The molecule has 1 N–H and O–H groups in total. The highest BCUT2D eigenvalue weighted by Crippen LogP contribution is 2.26. The molecule has 0 bridgehead atoms. The Morgan fingerprint density at radius 2 is 1.86 bits per heavy atom. The van der Waals surface area contributed by atoms with Crippen LogP contribution < -0.4 is 4.90 Å². The van der Waals surface area contributed by atoms with Crippen LogP contribution in [-0.2, 0) is 0 Å². The number of para-hydroxylation sites is 1. The Labute approximate surface area is 131 Å². The number of aliphatic imine (C=N–C) groups is 1. The summed E-state index contributed by atoms with van der Waals surface area (Å²) in [5, 5.41) is 10.1. The van der Waals surface area contributed by atoms with Gasteiger partial charge in [0.05, 0.1) is 5.69 Å². The van der Waals surface area contributed by atoms with E-state index in [4.69, 9.17) is 0 Å². The number of aromatic hydroxyl groups is 1. The van der Waals surface area contributed by atoms with Crippen LogP contribution in [0.5, 0.6) is 5.75 Å². The summed E-state index contributed by atoms with van der Waals surface area (Å²) in [6.45, 7) is 6.02. The van der Waals surface area contributed by atoms with Gasteiger partial charge in [-0.05, 0) is 38.1 Å². The molecule has 110 valence electrons. The van der Waals surface area contributed by atoms with Crippen LogP contribution in [0.4, 0.5) is 11.4 Å². The number of thiol groups is 1. The van der Waals surface area contributed by atoms with Gasteiger partial charge in [0, 0.05) is 41.5 Å². The summed E-state index contributed by atoms with van der Waals surface area (Å²) in [6.07, 6.45) is 1.66. The van der Waals surface area contributed by atoms with E-state index in [1.165, 1.54) is 0 Å². The second-order valence-corrected chi connectivity index (χ2v) is 5.14. The van der Waals surface area contributed by atoms with E-state index in [-0.39, 0.29) is 5.75 Å². The van der Waals surface area contributed by atoms with Crippen molar-refractivity contribution in [3.63, 3.8) is 0 Å². The third kappa shape index (κ3) is 3.79. The largest absolute Gasteiger partial charge is 0.507 e. The second-order valence-electron chi connectivity index (χ2n) is 4.66. The predicted octanol–water partition coefficient (Wildman–Crippen LogP) is 4.28. The zero-order valence-corrected chi connectivity index (χ0v) is 13.2. The van der Waals surface area contributed by atoms with Crippen molar-refractivity contribution in [1.29, 1.82) is 0 Å². The lowest BCUT2D eigenvalue weighted by atomic mass is 10.2. The Morgan fingerprint density at radius 3 is 2.48 bits per heavy atom. The molecule has 0 aliphatic carbocycles. The number of phenols is 1. The van der Waals surface area contributed by atoms with E-state index < -0.39 is 0 Å². The zero-order chi connectivity index (χ0) is 15.2. The number of rotatable bonds is 5. The molecule has 0 aliphatic rings. The van der Waals surface area contributed by atoms with Crippen molar-refractivity contribution in [3.05, 3.63) is 48.0 Å². The molecule has 0 spiro atoms. The highest BCUT2D eigenvalue weighted by Gasteiger charge is 2.05. The van der Waals surface area contributed by atoms with Crippen LogP contribution in [-0.4, -0.2) is 24.4 Å². The Kier molecular flexibility index (Phi) is 5.28. The molecular weight excluding hydrogens is 280 g/mol. The van der Waals surface area contributed by atoms with E-state index in [0.29, 0.717) is 5.56 Å². The fourth-order valence-electron chi connectivity index (χ4n) is 2.14. The summed E-state index contributed by atoms with van der Waals surface area (Å²) in [6, 6.07) is 13.3. The second kappa shape index (κ2) is 7.18. The first kappa shape index (κ1) is 15.4. The molecule has 0 atom stereocenters. The summed E-state index contributed by atoms with van der Waals surface area (Å²) >= 11 is 4.36. The third-order valence-electron chi connectivity index (χ3n) is 3.37. The first-order chi connectivity index (χ1) is 10.2. The molecule has 3 nitrogen and oxygen atoms in total. The van der Waals surface area contributed by atoms with Crippen LogP contribution in [0.3, 0.4) is 0 Å². The van der Waals surface area contributed by atoms with Gasteiger partial charge in [0.2, 0.25) is 0 Å². The molecule has 0 aliphatic heterocycles. The van der Waals surface area contributed by atoms with E-state index in [0.717, 1.165) is 29.4 Å². The zero-order valence-electron chi connectivity index (χ0n) is 12.3. The highest BCUT2D eigenvalue weighted by atomic mass is 32.1. The number of benzene rings is 2. The van der Waals surface area contributed by atoms with Crippen molar-refractivity contribution < 1.29 is 5.11 Å². The Morgan fingerprint density at radius 1 is 1.14 bits per heavy atom. The van der Waals surface area contributed by atoms with Gasteiger partial charge in [-0.25, -0.2) is 0 Å². The molecule has 0 unspecified atom stereocenters. The minimum atomic E-state index is 0.236. The lowest BCUT2D eigenvalue weighted by molar-refractivity contribution is 0.474. The van der Waals surface area contributed by atoms with Crippen LogP contribution >= 0.6 is 12.6 Å². The van der Waals surface area contributed by atoms with Gasteiger partial charge in [-0.3, -0.25) is 4.99 Å². The monoisotopic (exact) mass is 300 g/mol. The lowest BCUT2D eigenvalue weighted by Gasteiger charge is -2.21. The maximum absolute atomic E-state index is 10.1. The van der Waals surface area contributed by atoms with Crippen LogP contribution in [0.15, 0.2) is 52.4 Å². The fraction of sp³-hybridized carbons (Fsp3) is 0.235. The molecule has 4 heteroatoms. The Balaban J connectivity index is 2.24. The predicted molar refractivity (Wildman–Crippen MR) is 92.6 cm³/mol. The van der Waals surface area contributed by atoms with Gasteiger partial charge in [0.25, 0.3) is 0 Å². The van der Waals surface area contributed by atoms with Gasteiger partial charge >= 0.3 is 0 Å². The molecule has 2 aromatic carbocycles. The normalized spacial score (nSPS) is 11.0. The number of phenolic OH excluding ortho intramolecular Hbond substituents is 1. The van der Waals surface area contributed by atoms with Gasteiger partial charge in [-0.15, -0.1) is 12.6 Å². The molecule has 0 radical (unpaired) electrons. The maximum atomic E-state index is 10.1. The van der Waals surface area contributed by atoms with Crippen LogP contribution in [0.25, 0.3) is 0 Å². The summed E-state index contributed by atoms with van der Waals surface area (Å²) in [5.74, 6) is 0.236. The van der Waals surface area contributed by atoms with Gasteiger partial charge < -0.3 is 10.0 Å². The van der Waals surface area contributed by atoms with Crippen molar-refractivity contribution in [2.75, 3.05) is 18.0 Å². The first-order valence-electron chi connectivity index (χ1n) is 7.05. The molecule has 2 aromatic rings. The Bertz CT molecular complexity index is 636. The van der Waals surface area contributed by atoms with E-state index in [1.807, 2.05) is 36.4 Å². The molecule has 0 saturated heterocycles. The molecule has 0 fully saturated rings. The van der Waals surface area contributed by atoms with E-state index in [1.54, 1.807) is 12.3 Å². The van der Waals surface area contributed by atoms with E-state index >= 15 is 0 Å². The van der Waals surface area contributed by atoms with Gasteiger partial charge in [-0.2, -0.15) is 0 Å². The van der Waals surface area contributed by atoms with E-state index in [9.17, 15) is 5.11 Å². The molecule has 21 heavy (non-hydrogen) atoms. The summed E-state index contributed by atoms with van der Waals surface area (Å²) in [7, 11) is 0. The standard InChI is InChI=1S/C17H20N2OS/c1-3-19(4-2)14-10-9-13(16(20)11-14)12-18-15-7-5-6-8-17(15)21/h5-12,20-21H,3-4H2,1-2H3. The van der Waals surface area contributed by atoms with Crippen molar-refractivity contribution >= 4 is 30.2 Å². The van der Waals surface area contributed by atoms with E-state index in [2.05, 4.69) is 36.4 Å². The molecular formula is C17H20N2OS. The van der Waals surface area contributed by atoms with Crippen molar-refractivity contribution in [2.45, 2.75) is 18.7 Å². The van der Waals surface area contributed by atoms with Gasteiger partial charge in [-0.1, -0.05) is 12.1 Å². The number of hydrogen-bond donors (Lipinski definition) is 2. The van der Waals surface area contributed by atoms with Crippen molar-refractivity contribution in [2.24, 2.45) is 4.99 Å². The summed E-state index contributed by atoms with van der Waals surface area (Å²) in [4.78, 5) is 7.37. The lowest BCUT2D eigenvalue weighted by Crippen LogP contribution is -2.21. The summed E-state index contributed by atoms with van der Waals surface area (Å²) < 4.78 is 0. The van der Waals surface area contributed by atoms with Gasteiger partial charge in [0.1, 0.15) is 5.75 Å². The molecule has 0 aromatic heterocycles. The van der Waals surface area contributed by atoms with Crippen LogP contribution in [0, 0.1) is 0 Å². The summed E-state index contributed by atoms with van der Waals surface area (Å²) in [5.41, 5.74) is 2.50. The molecule has 2 rings (SSSR count).